The zero-order valence-electron chi connectivity index (χ0n) is 63.3. The summed E-state index contributed by atoms with van der Waals surface area (Å²) in [5.74, 6) is 0.784. The quantitative estimate of drug-likeness (QED) is 0.0469. The van der Waals surface area contributed by atoms with Gasteiger partial charge in [-0.05, 0) is 137 Å². The molecule has 4 unspecified atom stereocenters. The molecular formula is C83H98N8O21S2. The molecule has 114 heavy (non-hydrogen) atoms. The molecule has 18 rings (SSSR count). The summed E-state index contributed by atoms with van der Waals surface area (Å²) in [5, 5.41) is 68.1. The normalized spacial score (nSPS) is 26.1. The van der Waals surface area contributed by atoms with Gasteiger partial charge in [-0.1, -0.05) is 40.5 Å². The van der Waals surface area contributed by atoms with Crippen molar-refractivity contribution in [2.75, 3.05) is 93.9 Å². The van der Waals surface area contributed by atoms with Gasteiger partial charge in [0.1, 0.15) is 36.8 Å². The standard InChI is InChI=1S/C40H42N4O10S.C31H31N3O9S.C9H13NO2.3CH4/c1-17-9-21-10-23-24(13-41)44-25-14-51-39(48)40(22-12-27(49-5)26(46)11-20(22)7-8-42-40)15-55-38(32(44)31(43(23)4)28(21)33(47)34(17)50-6)30-29(25)37-36(52-16-53-37)18(2)35(30)54-19(3)45;1-12-6-15-7-16-17(8-32)34-18-9-40-31(38)19(36)10-44-30(24(34)23(33(16)4)20(15)25(37)26(12)39-5)22-21(18)29-28(41-11-42-29)13(2)27(22)43-14(3)35;1-12-9-3-2-7(4-5-10)6-8(9)11;;;/h9,11-12,23-25,31-32,38,42,46-47H,7-8,10,14-16H2,1-6H3;6,16-18,23-24,30,37H,7,9-11H2,1-5H3;2-3,6,11H,4-5,10H2,1H3;3*1H4/t23-,24?,25-,31+,32?,38+,40+;16-,17?,18-,23+,24?,30+;;;;/m00..../s1. The van der Waals surface area contributed by atoms with Crippen LogP contribution in [0.5, 0.6) is 80.5 Å². The number of hydrogen-bond donors (Lipinski definition) is 6. The van der Waals surface area contributed by atoms with Gasteiger partial charge in [0.2, 0.25) is 19.4 Å². The molecule has 12 heterocycles. The Morgan fingerprint density at radius 3 is 1.55 bits per heavy atom. The number of hydrogen-bond acceptors (Lipinski definition) is 31. The second-order valence-electron chi connectivity index (χ2n) is 29.4. The smallest absolute Gasteiger partial charge is 0.375 e. The van der Waals surface area contributed by atoms with Crippen LogP contribution in [0.25, 0.3) is 0 Å². The van der Waals surface area contributed by atoms with Crippen LogP contribution in [0.1, 0.15) is 154 Å². The number of phenols is 4. The number of esters is 4. The second kappa shape index (κ2) is 32.3. The fourth-order valence-electron chi connectivity index (χ4n) is 19.1. The van der Waals surface area contributed by atoms with E-state index in [1.807, 2.05) is 53.1 Å². The molecule has 4 saturated heterocycles. The number of thioether (sulfide) groups is 2. The van der Waals surface area contributed by atoms with E-state index in [2.05, 4.69) is 37.1 Å². The van der Waals surface area contributed by atoms with E-state index in [4.69, 9.17) is 62.6 Å². The summed E-state index contributed by atoms with van der Waals surface area (Å²) in [5.41, 5.74) is 15.0. The number of nitrogens with zero attached hydrogens (tertiary/aromatic N) is 6. The molecule has 29 nitrogen and oxygen atoms in total. The average Bonchev–Trinajstić information content (AvgIpc) is 0.932. The summed E-state index contributed by atoms with van der Waals surface area (Å²) < 4.78 is 70.0. The molecule has 0 saturated carbocycles. The molecule has 13 atom stereocenters. The fraction of sp³-hybridized carbons (Fsp3) is 0.482. The highest BCUT2D eigenvalue weighted by Crippen LogP contribution is 2.67. The molecule has 7 N–H and O–H groups in total. The summed E-state index contributed by atoms with van der Waals surface area (Å²) in [7, 11) is 9.96. The van der Waals surface area contributed by atoms with Crippen LogP contribution >= 0.6 is 23.5 Å². The zero-order chi connectivity index (χ0) is 78.8. The van der Waals surface area contributed by atoms with E-state index in [0.717, 1.165) is 39.8 Å². The highest BCUT2D eigenvalue weighted by atomic mass is 32.2. The van der Waals surface area contributed by atoms with E-state index in [1.54, 1.807) is 31.2 Å². The zero-order valence-corrected chi connectivity index (χ0v) is 64.9. The summed E-state index contributed by atoms with van der Waals surface area (Å²) >= 11 is 2.70. The number of phenolic OH excluding ortho intramolecular Hbond substituents is 4. The van der Waals surface area contributed by atoms with Crippen molar-refractivity contribution in [2.24, 2.45) is 5.73 Å². The number of ether oxygens (including phenoxy) is 12. The number of benzene rings is 6. The average molecular weight is 1610 g/mol. The van der Waals surface area contributed by atoms with E-state index < -0.39 is 94.0 Å². The lowest BCUT2D eigenvalue weighted by atomic mass is 9.71. The molecule has 6 aromatic carbocycles. The van der Waals surface area contributed by atoms with Crippen LogP contribution in [-0.2, 0) is 64.7 Å². The van der Waals surface area contributed by atoms with Gasteiger partial charge >= 0.3 is 23.9 Å². The summed E-state index contributed by atoms with van der Waals surface area (Å²) in [6, 6.07) is 12.4. The molecule has 0 aliphatic carbocycles. The third-order valence-corrected chi connectivity index (χ3v) is 26.4. The van der Waals surface area contributed by atoms with Crippen molar-refractivity contribution in [3.63, 3.8) is 0 Å². The van der Waals surface area contributed by atoms with E-state index in [1.165, 1.54) is 65.8 Å². The van der Waals surface area contributed by atoms with Crippen molar-refractivity contribution < 1.29 is 101 Å². The van der Waals surface area contributed by atoms with Crippen LogP contribution in [0.2, 0.25) is 0 Å². The number of nitrogens with one attached hydrogen (secondary N) is 1. The summed E-state index contributed by atoms with van der Waals surface area (Å²) in [6.45, 7) is 10.5. The molecule has 0 radical (unpaired) electrons. The van der Waals surface area contributed by atoms with Gasteiger partial charge in [-0.25, -0.2) is 9.59 Å². The first-order chi connectivity index (χ1) is 53.3. The van der Waals surface area contributed by atoms with Gasteiger partial charge in [-0.2, -0.15) is 10.5 Å². The Bertz CT molecular complexity index is 4990. The number of nitrogens with two attached hydrogens (primary N) is 1. The van der Waals surface area contributed by atoms with Gasteiger partial charge in [0.25, 0.3) is 0 Å². The van der Waals surface area contributed by atoms with Gasteiger partial charge in [-0.3, -0.25) is 39.3 Å². The number of aryl methyl sites for hydroxylation is 2. The maximum absolute atomic E-state index is 14.7. The van der Waals surface area contributed by atoms with Gasteiger partial charge in [0, 0.05) is 94.8 Å². The van der Waals surface area contributed by atoms with Crippen LogP contribution in [0.4, 0.5) is 0 Å². The van der Waals surface area contributed by atoms with Crippen molar-refractivity contribution in [2.45, 2.75) is 166 Å². The van der Waals surface area contributed by atoms with Crippen molar-refractivity contribution in [1.29, 1.82) is 10.5 Å². The maximum Gasteiger partial charge on any atom is 0.375 e. The number of likely N-dealkylation sites (N-methyl/N-ethyl adjacent to an activating group) is 2. The molecule has 12 aliphatic heterocycles. The lowest BCUT2D eigenvalue weighted by Gasteiger charge is -2.62. The first-order valence-electron chi connectivity index (χ1n) is 36.5. The van der Waals surface area contributed by atoms with Gasteiger partial charge in [0.05, 0.1) is 81.0 Å². The van der Waals surface area contributed by atoms with Crippen LogP contribution in [0, 0.1) is 50.4 Å². The Hall–Kier alpha value is -10.1. The minimum absolute atomic E-state index is 0. The molecule has 8 bridgehead atoms. The van der Waals surface area contributed by atoms with E-state index in [9.17, 15) is 54.9 Å². The number of Topliss-reactive ketones (excluding diaryl/α,β-unsaturated/α-hetero) is 1. The molecule has 4 fully saturated rings. The Labute approximate surface area is 670 Å². The molecule has 6 aromatic rings. The number of fused-ring (bicyclic) bond motifs is 18. The minimum atomic E-state index is -1.36. The van der Waals surface area contributed by atoms with E-state index in [0.29, 0.717) is 134 Å². The number of carbonyl (C=O) groups excluding carboxylic acids is 5. The topological polar surface area (TPSA) is 376 Å². The van der Waals surface area contributed by atoms with Crippen LogP contribution in [-0.4, -0.2) is 200 Å². The number of methoxy groups -OCH3 is 4. The largest absolute Gasteiger partial charge is 0.504 e. The van der Waals surface area contributed by atoms with Crippen molar-refractivity contribution >= 4 is 53.2 Å². The molecule has 0 amide bonds. The third-order valence-electron chi connectivity index (χ3n) is 23.7. The molecule has 31 heteroatoms. The summed E-state index contributed by atoms with van der Waals surface area (Å²) in [4.78, 5) is 74.4. The highest BCUT2D eigenvalue weighted by molar-refractivity contribution is 8.00. The van der Waals surface area contributed by atoms with Crippen molar-refractivity contribution in [3.05, 3.63) is 126 Å². The Morgan fingerprint density at radius 1 is 0.605 bits per heavy atom. The minimum Gasteiger partial charge on any atom is -0.504 e. The van der Waals surface area contributed by atoms with Crippen molar-refractivity contribution in [1.82, 2.24) is 24.9 Å². The second-order valence-corrected chi connectivity index (χ2v) is 31.6. The molecule has 608 valence electrons. The number of carbonyl (C=O) groups is 5. The predicted octanol–water partition coefficient (Wildman–Crippen LogP) is 9.60. The molecular weight excluding hydrogens is 1510 g/mol. The number of aromatic hydroxyl groups is 4. The highest BCUT2D eigenvalue weighted by Gasteiger charge is 2.64. The maximum atomic E-state index is 14.7. The number of piperazine rings is 2. The lowest BCUT2D eigenvalue weighted by molar-refractivity contribution is -0.157. The Kier molecular flexibility index (Phi) is 23.6. The van der Waals surface area contributed by atoms with Crippen LogP contribution < -0.4 is 58.4 Å². The monoisotopic (exact) mass is 1610 g/mol. The number of ketones is 1. The van der Waals surface area contributed by atoms with E-state index >= 15 is 0 Å². The van der Waals surface area contributed by atoms with Crippen LogP contribution in [0.3, 0.4) is 0 Å². The molecule has 0 aromatic heterocycles. The summed E-state index contributed by atoms with van der Waals surface area (Å²) in [6.07, 6.45) is 2.31. The van der Waals surface area contributed by atoms with Crippen LogP contribution in [0.15, 0.2) is 42.5 Å². The third kappa shape index (κ3) is 13.1. The number of nitriles is 2. The Morgan fingerprint density at radius 2 is 1.09 bits per heavy atom. The first-order valence-corrected chi connectivity index (χ1v) is 38.6. The SMILES string of the molecule is C.C.C.COc1c(C)cc2c(c1O)[C@@H]1C3[C@@H]4SCC(=O)C(=O)OC[C@@H](c5c6c(c(C)c(OC(C)=O)c54)OCO6)N3C(C#N)[C@H](C2)N1C.COc1cc2c(cc1O)CCN[C@]21CS[C@@H]2c3c(OC(C)=O)c(C)c4c(c3[C@H](COC1=O)N1C2[C@H]2c3c(cc(C)c(OC)c3O)C[C@@H](C1C#N)N2C)OCO4.COc1ccc(CCN)cc1O. The molecule has 1 spiro atoms. The fourth-order valence-corrected chi connectivity index (χ4v) is 22.2. The number of cyclic esters (lactones) is 1. The van der Waals surface area contributed by atoms with E-state index in [-0.39, 0.29) is 101 Å². The number of rotatable bonds is 8. The van der Waals surface area contributed by atoms with Crippen molar-refractivity contribution in [3.8, 4) is 92.6 Å². The predicted molar refractivity (Wildman–Crippen MR) is 421 cm³/mol. The molecule has 12 aliphatic rings. The Balaban J connectivity index is 0.000000183. The lowest BCUT2D eigenvalue weighted by Crippen LogP contribution is -2.69. The van der Waals surface area contributed by atoms with Gasteiger partial charge in [0.15, 0.2) is 74.5 Å². The van der Waals surface area contributed by atoms with Gasteiger partial charge < -0.3 is 83.0 Å². The first kappa shape index (κ1) is 83.3. The van der Waals surface area contributed by atoms with Gasteiger partial charge in [-0.15, -0.1) is 23.5 Å².